The van der Waals surface area contributed by atoms with Gasteiger partial charge in [0, 0.05) is 34.2 Å². The van der Waals surface area contributed by atoms with Crippen molar-refractivity contribution in [2.24, 2.45) is 0 Å². The summed E-state index contributed by atoms with van der Waals surface area (Å²) in [5.74, 6) is -0.254. The summed E-state index contributed by atoms with van der Waals surface area (Å²) in [6, 6.07) is 12.7. The number of rotatable bonds is 4. The molecule has 1 aromatic heterocycles. The molecule has 6 nitrogen and oxygen atoms in total. The maximum atomic E-state index is 13.0. The molecule has 4 rings (SSSR count). The van der Waals surface area contributed by atoms with E-state index in [0.717, 1.165) is 10.1 Å². The summed E-state index contributed by atoms with van der Waals surface area (Å²) in [6.07, 6.45) is 0. The normalized spacial score (nSPS) is 15.6. The minimum Gasteiger partial charge on any atom is -0.379 e. The van der Waals surface area contributed by atoms with E-state index in [-0.39, 0.29) is 10.8 Å². The average molecular weight is 417 g/mol. The molecule has 1 N–H and O–H groups in total. The third-order valence-electron chi connectivity index (χ3n) is 4.76. The maximum Gasteiger partial charge on any atom is 0.257 e. The Bertz CT molecular complexity index is 1130. The molecule has 146 valence electrons. The first-order valence-corrected chi connectivity index (χ1v) is 11.2. The highest BCUT2D eigenvalue weighted by Gasteiger charge is 2.28. The Hall–Kier alpha value is -2.26. The second-order valence-corrected chi connectivity index (χ2v) is 9.41. The molecule has 2 aromatic carbocycles. The summed E-state index contributed by atoms with van der Waals surface area (Å²) in [6.45, 7) is 3.20. The molecule has 1 amide bonds. The van der Waals surface area contributed by atoms with Crippen molar-refractivity contribution in [3.05, 3.63) is 59.0 Å². The predicted octanol–water partition coefficient (Wildman–Crippen LogP) is 3.48. The zero-order chi connectivity index (χ0) is 19.7. The average Bonchev–Trinajstić information content (AvgIpc) is 3.14. The van der Waals surface area contributed by atoms with Gasteiger partial charge in [0.05, 0.1) is 23.7 Å². The van der Waals surface area contributed by atoms with Crippen LogP contribution in [0.25, 0.3) is 10.1 Å². The number of sulfonamides is 1. The van der Waals surface area contributed by atoms with Gasteiger partial charge < -0.3 is 10.1 Å². The van der Waals surface area contributed by atoms with Gasteiger partial charge in [0.15, 0.2) is 0 Å². The van der Waals surface area contributed by atoms with Crippen molar-refractivity contribution in [3.63, 3.8) is 0 Å². The number of nitrogens with zero attached hydrogens (tertiary/aromatic N) is 1. The fraction of sp³-hybridized carbons (Fsp3) is 0.250. The number of thiophene rings is 1. The summed E-state index contributed by atoms with van der Waals surface area (Å²) >= 11 is 1.51. The number of aryl methyl sites for hydroxylation is 1. The van der Waals surface area contributed by atoms with Gasteiger partial charge >= 0.3 is 0 Å². The molecule has 0 aliphatic carbocycles. The summed E-state index contributed by atoms with van der Waals surface area (Å²) in [4.78, 5) is 13.0. The standard InChI is InChI=1S/C20H20N2O4S2/c1-14-6-7-15(12-19(14)28(24,25)22-8-10-26-11-9-22)21-20(23)17-13-27-18-5-3-2-4-16(17)18/h2-7,12-13H,8-11H2,1H3,(H,21,23). The number of ether oxygens (including phenoxy) is 1. The van der Waals surface area contributed by atoms with E-state index in [4.69, 9.17) is 4.74 Å². The van der Waals surface area contributed by atoms with Gasteiger partial charge in [0.25, 0.3) is 5.91 Å². The molecule has 0 bridgehead atoms. The van der Waals surface area contributed by atoms with Gasteiger partial charge in [-0.2, -0.15) is 4.31 Å². The van der Waals surface area contributed by atoms with Crippen molar-refractivity contribution in [2.45, 2.75) is 11.8 Å². The maximum absolute atomic E-state index is 13.0. The number of benzene rings is 2. The minimum atomic E-state index is -3.64. The number of carbonyl (C=O) groups is 1. The number of amides is 1. The lowest BCUT2D eigenvalue weighted by Gasteiger charge is -2.26. The van der Waals surface area contributed by atoms with Crippen molar-refractivity contribution in [2.75, 3.05) is 31.6 Å². The molecule has 0 spiro atoms. The topological polar surface area (TPSA) is 75.7 Å². The van der Waals surface area contributed by atoms with Gasteiger partial charge in [-0.15, -0.1) is 11.3 Å². The number of hydrogen-bond donors (Lipinski definition) is 1. The number of hydrogen-bond acceptors (Lipinski definition) is 5. The Morgan fingerprint density at radius 3 is 2.68 bits per heavy atom. The fourth-order valence-corrected chi connectivity index (χ4v) is 5.83. The molecular formula is C20H20N2O4S2. The SMILES string of the molecule is Cc1ccc(NC(=O)c2csc3ccccc23)cc1S(=O)(=O)N1CCOCC1. The Kier molecular flexibility index (Phi) is 5.20. The number of morpholine rings is 1. The van der Waals surface area contributed by atoms with Gasteiger partial charge in [-0.3, -0.25) is 4.79 Å². The molecule has 3 aromatic rings. The van der Waals surface area contributed by atoms with Gasteiger partial charge in [0.1, 0.15) is 0 Å². The Balaban J connectivity index is 1.63. The van der Waals surface area contributed by atoms with Crippen LogP contribution in [0.5, 0.6) is 0 Å². The van der Waals surface area contributed by atoms with E-state index >= 15 is 0 Å². The lowest BCUT2D eigenvalue weighted by molar-refractivity contribution is 0.0730. The molecule has 0 unspecified atom stereocenters. The molecule has 1 aliphatic heterocycles. The van der Waals surface area contributed by atoms with E-state index in [0.29, 0.717) is 43.1 Å². The minimum absolute atomic E-state index is 0.211. The van der Waals surface area contributed by atoms with E-state index in [1.54, 1.807) is 19.1 Å². The van der Waals surface area contributed by atoms with E-state index in [1.807, 2.05) is 29.6 Å². The highest BCUT2D eigenvalue weighted by Crippen LogP contribution is 2.28. The third kappa shape index (κ3) is 3.56. The van der Waals surface area contributed by atoms with Crippen LogP contribution in [0.3, 0.4) is 0 Å². The van der Waals surface area contributed by atoms with Crippen LogP contribution >= 0.6 is 11.3 Å². The quantitative estimate of drug-likeness (QED) is 0.707. The number of nitrogens with one attached hydrogen (secondary N) is 1. The second kappa shape index (κ2) is 7.63. The van der Waals surface area contributed by atoms with Crippen LogP contribution in [0.1, 0.15) is 15.9 Å². The van der Waals surface area contributed by atoms with Gasteiger partial charge in [-0.05, 0) is 30.7 Å². The van der Waals surface area contributed by atoms with E-state index in [9.17, 15) is 13.2 Å². The summed E-state index contributed by atoms with van der Waals surface area (Å²) < 4.78 is 33.7. The summed E-state index contributed by atoms with van der Waals surface area (Å²) in [5.41, 5.74) is 1.68. The van der Waals surface area contributed by atoms with Gasteiger partial charge in [-0.25, -0.2) is 8.42 Å². The first-order valence-electron chi connectivity index (χ1n) is 8.93. The monoisotopic (exact) mass is 416 g/mol. The van der Waals surface area contributed by atoms with Crippen LogP contribution in [-0.2, 0) is 14.8 Å². The predicted molar refractivity (Wildman–Crippen MR) is 111 cm³/mol. The van der Waals surface area contributed by atoms with Gasteiger partial charge in [-0.1, -0.05) is 24.3 Å². The molecule has 8 heteroatoms. The van der Waals surface area contributed by atoms with Crippen molar-refractivity contribution in [1.29, 1.82) is 0 Å². The van der Waals surface area contributed by atoms with Crippen LogP contribution in [0.15, 0.2) is 52.7 Å². The molecular weight excluding hydrogens is 396 g/mol. The third-order valence-corrected chi connectivity index (χ3v) is 7.76. The number of fused-ring (bicyclic) bond motifs is 1. The molecule has 28 heavy (non-hydrogen) atoms. The van der Waals surface area contributed by atoms with Crippen LogP contribution in [-0.4, -0.2) is 44.9 Å². The summed E-state index contributed by atoms with van der Waals surface area (Å²) in [5, 5.41) is 5.55. The molecule has 0 radical (unpaired) electrons. The largest absolute Gasteiger partial charge is 0.379 e. The number of carbonyl (C=O) groups excluding carboxylic acids is 1. The zero-order valence-corrected chi connectivity index (χ0v) is 17.0. The van der Waals surface area contributed by atoms with Crippen LogP contribution in [0, 0.1) is 6.92 Å². The molecule has 1 saturated heterocycles. The van der Waals surface area contributed by atoms with Crippen molar-refractivity contribution in [3.8, 4) is 0 Å². The smallest absolute Gasteiger partial charge is 0.257 e. The molecule has 0 saturated carbocycles. The lowest BCUT2D eigenvalue weighted by atomic mass is 10.1. The first-order chi connectivity index (χ1) is 13.5. The second-order valence-electron chi connectivity index (χ2n) is 6.60. The first kappa shape index (κ1) is 19.1. The molecule has 1 aliphatic rings. The highest BCUT2D eigenvalue weighted by atomic mass is 32.2. The van der Waals surface area contributed by atoms with E-state index < -0.39 is 10.0 Å². The Morgan fingerprint density at radius 2 is 1.89 bits per heavy atom. The summed E-state index contributed by atoms with van der Waals surface area (Å²) in [7, 11) is -3.64. The van der Waals surface area contributed by atoms with Crippen LogP contribution in [0.2, 0.25) is 0 Å². The van der Waals surface area contributed by atoms with E-state index in [2.05, 4.69) is 5.32 Å². The molecule has 1 fully saturated rings. The molecule has 0 atom stereocenters. The Labute approximate surface area is 167 Å². The zero-order valence-electron chi connectivity index (χ0n) is 15.3. The number of anilines is 1. The van der Waals surface area contributed by atoms with Crippen molar-refractivity contribution < 1.29 is 17.9 Å². The fourth-order valence-electron chi connectivity index (χ4n) is 3.23. The van der Waals surface area contributed by atoms with Crippen LogP contribution < -0.4 is 5.32 Å². The van der Waals surface area contributed by atoms with Crippen LogP contribution in [0.4, 0.5) is 5.69 Å². The van der Waals surface area contributed by atoms with Crippen molar-refractivity contribution >= 4 is 43.0 Å². The molecule has 2 heterocycles. The van der Waals surface area contributed by atoms with Gasteiger partial charge in [0.2, 0.25) is 10.0 Å². The van der Waals surface area contributed by atoms with E-state index in [1.165, 1.54) is 21.7 Å². The lowest BCUT2D eigenvalue weighted by Crippen LogP contribution is -2.40. The highest BCUT2D eigenvalue weighted by molar-refractivity contribution is 7.89. The van der Waals surface area contributed by atoms with Crippen molar-refractivity contribution in [1.82, 2.24) is 4.31 Å². The Morgan fingerprint density at radius 1 is 1.14 bits per heavy atom.